The van der Waals surface area contributed by atoms with Gasteiger partial charge in [-0.25, -0.2) is 0 Å². The molecule has 0 aliphatic heterocycles. The van der Waals surface area contributed by atoms with Crippen LogP contribution in [0.4, 0.5) is 5.82 Å². The topological polar surface area (TPSA) is 75.6 Å². The van der Waals surface area contributed by atoms with Gasteiger partial charge in [-0.05, 0) is 19.1 Å². The van der Waals surface area contributed by atoms with Gasteiger partial charge in [0.2, 0.25) is 0 Å². The van der Waals surface area contributed by atoms with E-state index in [-0.39, 0.29) is 24.0 Å². The molecule has 1 heterocycles. The third-order valence-electron chi connectivity index (χ3n) is 2.62. The molecule has 1 aromatic heterocycles. The van der Waals surface area contributed by atoms with E-state index in [9.17, 15) is 9.59 Å². The summed E-state index contributed by atoms with van der Waals surface area (Å²) < 4.78 is 4.85. The standard InChI is InChI=1S/C13H20N4O3/c1-5-20-12(18)8-9-17(4)11-7-6-10(14-15-11)13(19)16(2)3/h6-7H,5,8-9H2,1-4H3. The molecule has 0 aliphatic rings. The minimum atomic E-state index is -0.244. The molecule has 1 rings (SSSR count). The zero-order valence-corrected chi connectivity index (χ0v) is 12.3. The van der Waals surface area contributed by atoms with Crippen molar-refractivity contribution >= 4 is 17.7 Å². The van der Waals surface area contributed by atoms with Gasteiger partial charge in [0.25, 0.3) is 5.91 Å². The lowest BCUT2D eigenvalue weighted by Crippen LogP contribution is -2.25. The lowest BCUT2D eigenvalue weighted by atomic mass is 10.3. The van der Waals surface area contributed by atoms with Crippen molar-refractivity contribution in [3.05, 3.63) is 17.8 Å². The second-order valence-corrected chi connectivity index (χ2v) is 4.45. The van der Waals surface area contributed by atoms with E-state index in [1.165, 1.54) is 4.90 Å². The van der Waals surface area contributed by atoms with Crippen LogP contribution in [0.25, 0.3) is 0 Å². The van der Waals surface area contributed by atoms with Gasteiger partial charge in [0, 0.05) is 27.7 Å². The predicted molar refractivity (Wildman–Crippen MR) is 74.6 cm³/mol. The van der Waals surface area contributed by atoms with Gasteiger partial charge in [-0.1, -0.05) is 0 Å². The molecule has 0 aliphatic carbocycles. The van der Waals surface area contributed by atoms with Crippen molar-refractivity contribution in [1.29, 1.82) is 0 Å². The normalized spacial score (nSPS) is 10.0. The molecule has 0 bridgehead atoms. The van der Waals surface area contributed by atoms with Crippen molar-refractivity contribution < 1.29 is 14.3 Å². The molecule has 0 radical (unpaired) electrons. The molecule has 0 aromatic carbocycles. The first kappa shape index (κ1) is 15.9. The molecule has 1 amide bonds. The molecule has 1 aromatic rings. The van der Waals surface area contributed by atoms with Crippen molar-refractivity contribution in [2.24, 2.45) is 0 Å². The summed E-state index contributed by atoms with van der Waals surface area (Å²) in [6.45, 7) is 2.63. The fourth-order valence-electron chi connectivity index (χ4n) is 1.48. The zero-order valence-electron chi connectivity index (χ0n) is 12.3. The van der Waals surface area contributed by atoms with E-state index >= 15 is 0 Å². The Balaban J connectivity index is 2.59. The summed E-state index contributed by atoms with van der Waals surface area (Å²) in [5.74, 6) is 0.162. The number of aromatic nitrogens is 2. The second-order valence-electron chi connectivity index (χ2n) is 4.45. The Morgan fingerprint density at radius 3 is 2.40 bits per heavy atom. The predicted octanol–water partition coefficient (Wildman–Crippen LogP) is 0.568. The van der Waals surface area contributed by atoms with E-state index in [1.54, 1.807) is 45.1 Å². The molecule has 20 heavy (non-hydrogen) atoms. The Morgan fingerprint density at radius 2 is 1.90 bits per heavy atom. The molecule has 0 spiro atoms. The SMILES string of the molecule is CCOC(=O)CCN(C)c1ccc(C(=O)N(C)C)nn1. The lowest BCUT2D eigenvalue weighted by Gasteiger charge is -2.17. The maximum absolute atomic E-state index is 11.7. The van der Waals surface area contributed by atoms with Crippen molar-refractivity contribution in [3.63, 3.8) is 0 Å². The van der Waals surface area contributed by atoms with Crippen molar-refractivity contribution in [1.82, 2.24) is 15.1 Å². The van der Waals surface area contributed by atoms with E-state index in [0.29, 0.717) is 19.0 Å². The molecule has 7 nitrogen and oxygen atoms in total. The molecule has 0 saturated heterocycles. The monoisotopic (exact) mass is 280 g/mol. The highest BCUT2D eigenvalue weighted by Crippen LogP contribution is 2.09. The first-order valence-electron chi connectivity index (χ1n) is 6.37. The van der Waals surface area contributed by atoms with Gasteiger partial charge in [-0.15, -0.1) is 10.2 Å². The van der Waals surface area contributed by atoms with E-state index in [2.05, 4.69) is 10.2 Å². The second kappa shape index (κ2) is 7.42. The number of anilines is 1. The summed E-state index contributed by atoms with van der Waals surface area (Å²) in [5.41, 5.74) is 0.289. The van der Waals surface area contributed by atoms with Gasteiger partial charge in [0.05, 0.1) is 13.0 Å². The highest BCUT2D eigenvalue weighted by molar-refractivity contribution is 5.91. The summed E-state index contributed by atoms with van der Waals surface area (Å²) in [4.78, 5) is 26.1. The summed E-state index contributed by atoms with van der Waals surface area (Å²) in [5, 5.41) is 7.87. The molecular weight excluding hydrogens is 260 g/mol. The Kier molecular flexibility index (Phi) is 5.89. The Morgan fingerprint density at radius 1 is 1.20 bits per heavy atom. The van der Waals surface area contributed by atoms with Crippen molar-refractivity contribution in [2.75, 3.05) is 39.2 Å². The summed E-state index contributed by atoms with van der Waals surface area (Å²) in [7, 11) is 5.11. The largest absolute Gasteiger partial charge is 0.466 e. The Labute approximate surface area is 118 Å². The smallest absolute Gasteiger partial charge is 0.307 e. The fraction of sp³-hybridized carbons (Fsp3) is 0.538. The van der Waals surface area contributed by atoms with Crippen LogP contribution in [0, 0.1) is 0 Å². The number of esters is 1. The minimum Gasteiger partial charge on any atom is -0.466 e. The highest BCUT2D eigenvalue weighted by Gasteiger charge is 2.12. The number of ether oxygens (including phenoxy) is 1. The van der Waals surface area contributed by atoms with Crippen LogP contribution in [0.1, 0.15) is 23.8 Å². The van der Waals surface area contributed by atoms with Crippen molar-refractivity contribution in [2.45, 2.75) is 13.3 Å². The summed E-state index contributed by atoms with van der Waals surface area (Å²) in [6.07, 6.45) is 0.282. The maximum Gasteiger partial charge on any atom is 0.307 e. The molecule has 0 unspecified atom stereocenters. The zero-order chi connectivity index (χ0) is 15.1. The number of rotatable bonds is 6. The number of hydrogen-bond acceptors (Lipinski definition) is 6. The number of hydrogen-bond donors (Lipinski definition) is 0. The van der Waals surface area contributed by atoms with E-state index < -0.39 is 0 Å². The van der Waals surface area contributed by atoms with Crippen LogP contribution in [0.15, 0.2) is 12.1 Å². The fourth-order valence-corrected chi connectivity index (χ4v) is 1.48. The molecule has 0 atom stereocenters. The van der Waals surface area contributed by atoms with Crippen LogP contribution < -0.4 is 4.90 Å². The maximum atomic E-state index is 11.7. The summed E-state index contributed by atoms with van der Waals surface area (Å²) >= 11 is 0. The van der Waals surface area contributed by atoms with E-state index in [1.807, 2.05) is 0 Å². The number of carbonyl (C=O) groups excluding carboxylic acids is 2. The molecule has 7 heteroatoms. The number of nitrogens with zero attached hydrogens (tertiary/aromatic N) is 4. The molecule has 110 valence electrons. The van der Waals surface area contributed by atoms with E-state index in [4.69, 9.17) is 4.74 Å². The van der Waals surface area contributed by atoms with Crippen LogP contribution in [0.5, 0.6) is 0 Å². The van der Waals surface area contributed by atoms with Crippen LogP contribution in [-0.2, 0) is 9.53 Å². The first-order valence-corrected chi connectivity index (χ1v) is 6.37. The van der Waals surface area contributed by atoms with Crippen LogP contribution in [0.2, 0.25) is 0 Å². The molecule has 0 saturated carbocycles. The van der Waals surface area contributed by atoms with E-state index in [0.717, 1.165) is 0 Å². The van der Waals surface area contributed by atoms with Gasteiger partial charge in [-0.2, -0.15) is 0 Å². The van der Waals surface area contributed by atoms with Gasteiger partial charge in [0.1, 0.15) is 0 Å². The van der Waals surface area contributed by atoms with Gasteiger partial charge in [0.15, 0.2) is 11.5 Å². The third-order valence-corrected chi connectivity index (χ3v) is 2.62. The molecular formula is C13H20N4O3. The highest BCUT2D eigenvalue weighted by atomic mass is 16.5. The molecule has 0 N–H and O–H groups in total. The Bertz CT molecular complexity index is 459. The van der Waals surface area contributed by atoms with Gasteiger partial charge < -0.3 is 14.5 Å². The van der Waals surface area contributed by atoms with Gasteiger partial charge >= 0.3 is 5.97 Å². The van der Waals surface area contributed by atoms with Crippen LogP contribution in [-0.4, -0.2) is 61.3 Å². The minimum absolute atomic E-state index is 0.196. The summed E-state index contributed by atoms with van der Waals surface area (Å²) in [6, 6.07) is 3.32. The third kappa shape index (κ3) is 4.49. The van der Waals surface area contributed by atoms with Crippen LogP contribution >= 0.6 is 0 Å². The lowest BCUT2D eigenvalue weighted by molar-refractivity contribution is -0.142. The van der Waals surface area contributed by atoms with Crippen LogP contribution in [0.3, 0.4) is 0 Å². The molecule has 0 fully saturated rings. The Hall–Kier alpha value is -2.18. The quantitative estimate of drug-likeness (QED) is 0.709. The van der Waals surface area contributed by atoms with Gasteiger partial charge in [-0.3, -0.25) is 9.59 Å². The number of amides is 1. The first-order chi connectivity index (χ1) is 9.45. The van der Waals surface area contributed by atoms with Crippen molar-refractivity contribution in [3.8, 4) is 0 Å². The number of carbonyl (C=O) groups is 2. The average Bonchev–Trinajstić information content (AvgIpc) is 2.44. The average molecular weight is 280 g/mol.